The molecule has 17 heavy (non-hydrogen) atoms. The number of nitrogens with one attached hydrogen (secondary N) is 2. The molecule has 5 nitrogen and oxygen atoms in total. The molecule has 0 aliphatic heterocycles. The summed E-state index contributed by atoms with van der Waals surface area (Å²) in [5, 5.41) is 5.96. The van der Waals surface area contributed by atoms with E-state index in [1.165, 1.54) is 0 Å². The van der Waals surface area contributed by atoms with Gasteiger partial charge in [-0.15, -0.1) is 0 Å². The van der Waals surface area contributed by atoms with Gasteiger partial charge >= 0.3 is 0 Å². The van der Waals surface area contributed by atoms with E-state index in [9.17, 15) is 4.79 Å². The number of amides is 1. The molecule has 0 aliphatic carbocycles. The Morgan fingerprint density at radius 1 is 1.47 bits per heavy atom. The number of unbranched alkanes of at least 4 members (excludes halogenated alkanes) is 1. The molecule has 0 saturated carbocycles. The van der Waals surface area contributed by atoms with Crippen LogP contribution in [-0.2, 0) is 17.8 Å². The molecular formula is C12H22N4O. The van der Waals surface area contributed by atoms with Crippen molar-refractivity contribution in [3.63, 3.8) is 0 Å². The zero-order valence-electron chi connectivity index (χ0n) is 10.7. The molecule has 1 rings (SSSR count). The molecule has 0 radical (unpaired) electrons. The molecule has 96 valence electrons. The first-order valence-electron chi connectivity index (χ1n) is 6.18. The van der Waals surface area contributed by atoms with Crippen molar-refractivity contribution < 1.29 is 4.79 Å². The highest BCUT2D eigenvalue weighted by molar-refractivity contribution is 5.75. The number of hydrogen-bond acceptors (Lipinski definition) is 3. The normalized spacial score (nSPS) is 10.5. The van der Waals surface area contributed by atoms with E-state index in [0.717, 1.165) is 38.0 Å². The first-order valence-corrected chi connectivity index (χ1v) is 6.18. The van der Waals surface area contributed by atoms with Crippen molar-refractivity contribution in [3.05, 3.63) is 18.2 Å². The molecule has 0 bridgehead atoms. The minimum atomic E-state index is 0.0519. The average Bonchev–Trinajstić information content (AvgIpc) is 2.74. The van der Waals surface area contributed by atoms with Gasteiger partial charge in [-0.3, -0.25) is 4.79 Å². The highest BCUT2D eigenvalue weighted by Crippen LogP contribution is 1.96. The predicted molar refractivity (Wildman–Crippen MR) is 67.8 cm³/mol. The minimum Gasteiger partial charge on any atom is -0.355 e. The van der Waals surface area contributed by atoms with Crippen LogP contribution in [0, 0.1) is 0 Å². The molecule has 1 amide bonds. The maximum atomic E-state index is 11.5. The van der Waals surface area contributed by atoms with Crippen LogP contribution in [0.1, 0.15) is 25.5 Å². The Labute approximate surface area is 103 Å². The quantitative estimate of drug-likeness (QED) is 0.651. The van der Waals surface area contributed by atoms with Crippen LogP contribution in [0.25, 0.3) is 0 Å². The molecule has 0 spiro atoms. The van der Waals surface area contributed by atoms with Crippen LogP contribution in [0.4, 0.5) is 0 Å². The third kappa shape index (κ3) is 5.49. The topological polar surface area (TPSA) is 59.0 Å². The number of nitrogens with zero attached hydrogens (tertiary/aromatic N) is 2. The number of rotatable bonds is 8. The number of likely N-dealkylation sites (N-methyl/N-ethyl adjacent to an activating group) is 1. The van der Waals surface area contributed by atoms with Crippen molar-refractivity contribution in [2.75, 3.05) is 20.1 Å². The largest absolute Gasteiger partial charge is 0.355 e. The van der Waals surface area contributed by atoms with Crippen LogP contribution < -0.4 is 10.6 Å². The zero-order valence-corrected chi connectivity index (χ0v) is 10.7. The van der Waals surface area contributed by atoms with E-state index >= 15 is 0 Å². The van der Waals surface area contributed by atoms with Crippen molar-refractivity contribution in [1.82, 2.24) is 20.2 Å². The van der Waals surface area contributed by atoms with E-state index in [2.05, 4.69) is 22.5 Å². The second kappa shape index (κ2) is 7.84. The molecule has 0 unspecified atom stereocenters. The summed E-state index contributed by atoms with van der Waals surface area (Å²) >= 11 is 0. The second-order valence-electron chi connectivity index (χ2n) is 4.09. The van der Waals surface area contributed by atoms with Crippen LogP contribution in [0.3, 0.4) is 0 Å². The van der Waals surface area contributed by atoms with E-state index in [-0.39, 0.29) is 5.91 Å². The van der Waals surface area contributed by atoms with Gasteiger partial charge in [-0.05, 0) is 13.5 Å². The fourth-order valence-corrected chi connectivity index (χ4v) is 1.50. The fourth-order valence-electron chi connectivity index (χ4n) is 1.50. The van der Waals surface area contributed by atoms with Gasteiger partial charge in [0.1, 0.15) is 6.54 Å². The molecule has 2 N–H and O–H groups in total. The van der Waals surface area contributed by atoms with E-state index in [1.54, 1.807) is 6.33 Å². The Morgan fingerprint density at radius 3 is 3.00 bits per heavy atom. The number of carbonyl (C=O) groups excluding carboxylic acids is 1. The Kier molecular flexibility index (Phi) is 6.32. The lowest BCUT2D eigenvalue weighted by molar-refractivity contribution is -0.121. The smallest absolute Gasteiger partial charge is 0.239 e. The number of aromatic nitrogens is 2. The summed E-state index contributed by atoms with van der Waals surface area (Å²) in [6.07, 6.45) is 6.66. The summed E-state index contributed by atoms with van der Waals surface area (Å²) in [5.41, 5.74) is 1.01. The Bertz CT molecular complexity index is 335. The van der Waals surface area contributed by atoms with E-state index in [0.29, 0.717) is 6.54 Å². The average molecular weight is 238 g/mol. The van der Waals surface area contributed by atoms with Gasteiger partial charge in [0, 0.05) is 25.7 Å². The highest BCUT2D eigenvalue weighted by Gasteiger charge is 2.03. The highest BCUT2D eigenvalue weighted by atomic mass is 16.1. The molecule has 5 heteroatoms. The van der Waals surface area contributed by atoms with Gasteiger partial charge in [0.05, 0.1) is 12.0 Å². The molecule has 0 atom stereocenters. The maximum absolute atomic E-state index is 11.5. The van der Waals surface area contributed by atoms with Crippen molar-refractivity contribution in [2.24, 2.45) is 0 Å². The van der Waals surface area contributed by atoms with Gasteiger partial charge in [-0.1, -0.05) is 13.3 Å². The lowest BCUT2D eigenvalue weighted by atomic mass is 10.3. The lowest BCUT2D eigenvalue weighted by Crippen LogP contribution is -2.27. The van der Waals surface area contributed by atoms with Crippen LogP contribution in [0.2, 0.25) is 0 Å². The number of carbonyl (C=O) groups is 1. The van der Waals surface area contributed by atoms with Gasteiger partial charge in [0.2, 0.25) is 5.91 Å². The maximum Gasteiger partial charge on any atom is 0.239 e. The Balaban J connectivity index is 2.30. The molecule has 0 aliphatic rings. The van der Waals surface area contributed by atoms with E-state index in [1.807, 2.05) is 17.8 Å². The van der Waals surface area contributed by atoms with Crippen LogP contribution in [0.5, 0.6) is 0 Å². The third-order valence-electron chi connectivity index (χ3n) is 2.50. The van der Waals surface area contributed by atoms with Crippen LogP contribution >= 0.6 is 0 Å². The Morgan fingerprint density at radius 2 is 2.29 bits per heavy atom. The second-order valence-corrected chi connectivity index (χ2v) is 4.09. The molecular weight excluding hydrogens is 216 g/mol. The van der Waals surface area contributed by atoms with Crippen LogP contribution in [-0.4, -0.2) is 35.6 Å². The standard InChI is InChI=1S/C12H22N4O/c1-3-4-6-14-12(17)9-16-8-11(15-10-16)5-7-13-2/h8,10,13H,3-7,9H2,1-2H3,(H,14,17). The molecule has 0 aromatic carbocycles. The van der Waals surface area contributed by atoms with Gasteiger partial charge in [-0.25, -0.2) is 4.98 Å². The fraction of sp³-hybridized carbons (Fsp3) is 0.667. The molecule has 1 aromatic rings. The summed E-state index contributed by atoms with van der Waals surface area (Å²) in [5.74, 6) is 0.0519. The Hall–Kier alpha value is -1.36. The molecule has 1 aromatic heterocycles. The van der Waals surface area contributed by atoms with Crippen molar-refractivity contribution >= 4 is 5.91 Å². The number of hydrogen-bond donors (Lipinski definition) is 2. The molecule has 0 saturated heterocycles. The first kappa shape index (κ1) is 13.7. The van der Waals surface area contributed by atoms with Crippen LogP contribution in [0.15, 0.2) is 12.5 Å². The third-order valence-corrected chi connectivity index (χ3v) is 2.50. The SMILES string of the molecule is CCCCNC(=O)Cn1cnc(CCNC)c1. The minimum absolute atomic E-state index is 0.0519. The van der Waals surface area contributed by atoms with Crippen molar-refractivity contribution in [3.8, 4) is 0 Å². The summed E-state index contributed by atoms with van der Waals surface area (Å²) in [4.78, 5) is 15.8. The van der Waals surface area contributed by atoms with E-state index < -0.39 is 0 Å². The van der Waals surface area contributed by atoms with Gasteiger partial charge in [0.25, 0.3) is 0 Å². The summed E-state index contributed by atoms with van der Waals surface area (Å²) in [6.45, 7) is 4.13. The van der Waals surface area contributed by atoms with Gasteiger partial charge in [-0.2, -0.15) is 0 Å². The summed E-state index contributed by atoms with van der Waals surface area (Å²) in [7, 11) is 1.91. The number of imidazole rings is 1. The predicted octanol–water partition coefficient (Wildman–Crippen LogP) is 0.561. The van der Waals surface area contributed by atoms with E-state index in [4.69, 9.17) is 0 Å². The van der Waals surface area contributed by atoms with Crippen molar-refractivity contribution in [2.45, 2.75) is 32.7 Å². The first-order chi connectivity index (χ1) is 8.26. The lowest BCUT2D eigenvalue weighted by Gasteiger charge is -2.04. The summed E-state index contributed by atoms with van der Waals surface area (Å²) < 4.78 is 1.83. The molecule has 0 fully saturated rings. The van der Waals surface area contributed by atoms with Gasteiger partial charge < -0.3 is 15.2 Å². The monoisotopic (exact) mass is 238 g/mol. The van der Waals surface area contributed by atoms with Crippen molar-refractivity contribution in [1.29, 1.82) is 0 Å². The zero-order chi connectivity index (χ0) is 12.5. The molecule has 1 heterocycles. The van der Waals surface area contributed by atoms with Gasteiger partial charge in [0.15, 0.2) is 0 Å². The summed E-state index contributed by atoms with van der Waals surface area (Å²) in [6, 6.07) is 0.